The highest BCUT2D eigenvalue weighted by Gasteiger charge is 2.34. The van der Waals surface area contributed by atoms with Gasteiger partial charge < -0.3 is 14.7 Å². The van der Waals surface area contributed by atoms with Gasteiger partial charge in [-0.25, -0.2) is 4.39 Å². The van der Waals surface area contributed by atoms with Crippen LogP contribution in [0.15, 0.2) is 18.2 Å². The molecule has 0 aliphatic carbocycles. The lowest BCUT2D eigenvalue weighted by Crippen LogP contribution is -2.45. The van der Waals surface area contributed by atoms with E-state index < -0.39 is 17.5 Å². The first-order valence-electron chi connectivity index (χ1n) is 6.19. The van der Waals surface area contributed by atoms with Crippen molar-refractivity contribution in [3.8, 4) is 5.75 Å². The van der Waals surface area contributed by atoms with Gasteiger partial charge in [-0.1, -0.05) is 12.1 Å². The van der Waals surface area contributed by atoms with E-state index in [1.165, 1.54) is 11.0 Å². The molecule has 1 unspecified atom stereocenters. The molecule has 1 N–H and O–H groups in total. The van der Waals surface area contributed by atoms with Crippen LogP contribution < -0.4 is 4.74 Å². The Morgan fingerprint density at radius 2 is 2.26 bits per heavy atom. The average molecular weight is 267 g/mol. The lowest BCUT2D eigenvalue weighted by molar-refractivity contribution is -0.139. The summed E-state index contributed by atoms with van der Waals surface area (Å²) in [4.78, 5) is 13.6. The summed E-state index contributed by atoms with van der Waals surface area (Å²) in [6, 6.07) is 4.67. The monoisotopic (exact) mass is 267 g/mol. The number of benzene rings is 1. The molecule has 1 amide bonds. The van der Waals surface area contributed by atoms with Crippen molar-refractivity contribution in [3.05, 3.63) is 29.6 Å². The van der Waals surface area contributed by atoms with Gasteiger partial charge in [-0.3, -0.25) is 4.79 Å². The van der Waals surface area contributed by atoms with E-state index in [0.717, 1.165) is 0 Å². The molecule has 0 radical (unpaired) electrons. The number of ether oxygens (including phenoxy) is 1. The van der Waals surface area contributed by atoms with Crippen molar-refractivity contribution in [3.63, 3.8) is 0 Å². The summed E-state index contributed by atoms with van der Waals surface area (Å²) < 4.78 is 18.9. The third-order valence-electron chi connectivity index (χ3n) is 2.99. The van der Waals surface area contributed by atoms with Crippen LogP contribution >= 0.6 is 0 Å². The summed E-state index contributed by atoms with van der Waals surface area (Å²) in [5.74, 6) is -0.534. The number of aliphatic hydroxyl groups is 1. The molecule has 0 aromatic heterocycles. The van der Waals surface area contributed by atoms with E-state index in [4.69, 9.17) is 4.74 Å². The summed E-state index contributed by atoms with van der Waals surface area (Å²) in [6.07, 6.45) is -0.346. The molecule has 19 heavy (non-hydrogen) atoms. The maximum Gasteiger partial charge on any atom is 0.263 e. The van der Waals surface area contributed by atoms with E-state index in [1.807, 2.05) is 0 Å². The van der Waals surface area contributed by atoms with Crippen molar-refractivity contribution in [2.24, 2.45) is 0 Å². The van der Waals surface area contributed by atoms with Crippen LogP contribution in [0.4, 0.5) is 4.39 Å². The van der Waals surface area contributed by atoms with Gasteiger partial charge in [0.05, 0.1) is 5.60 Å². The van der Waals surface area contributed by atoms with Crippen molar-refractivity contribution in [1.29, 1.82) is 0 Å². The molecule has 4 nitrogen and oxygen atoms in total. The van der Waals surface area contributed by atoms with Crippen LogP contribution in [0.1, 0.15) is 19.4 Å². The van der Waals surface area contributed by atoms with Crippen LogP contribution in [0, 0.1) is 5.82 Å². The Hall–Kier alpha value is -1.62. The molecule has 1 aliphatic rings. The van der Waals surface area contributed by atoms with Crippen LogP contribution in [0.2, 0.25) is 0 Å². The van der Waals surface area contributed by atoms with E-state index in [0.29, 0.717) is 12.0 Å². The molecule has 1 aromatic carbocycles. The summed E-state index contributed by atoms with van der Waals surface area (Å²) in [7, 11) is 1.60. The first-order chi connectivity index (χ1) is 8.78. The lowest BCUT2D eigenvalue weighted by atomic mass is 10.1. The van der Waals surface area contributed by atoms with Gasteiger partial charge in [-0.05, 0) is 19.9 Å². The number of para-hydroxylation sites is 1. The summed E-state index contributed by atoms with van der Waals surface area (Å²) >= 11 is 0. The fraction of sp³-hybridized carbons (Fsp3) is 0.500. The number of halogens is 1. The van der Waals surface area contributed by atoms with Crippen molar-refractivity contribution < 1.29 is 19.0 Å². The first-order valence-corrected chi connectivity index (χ1v) is 6.19. The first kappa shape index (κ1) is 13.8. The standard InChI is InChI=1S/C14H18FNO3/c1-14(2,18)8-16(3)13(17)11-7-9-5-4-6-10(15)12(9)19-11/h4-6,11,18H,7-8H2,1-3H3. The molecule has 0 spiro atoms. The summed E-state index contributed by atoms with van der Waals surface area (Å²) in [5.41, 5.74) is -0.267. The van der Waals surface area contributed by atoms with Gasteiger partial charge >= 0.3 is 0 Å². The zero-order valence-corrected chi connectivity index (χ0v) is 11.3. The van der Waals surface area contributed by atoms with E-state index in [2.05, 4.69) is 0 Å². The van der Waals surface area contributed by atoms with Gasteiger partial charge in [0.25, 0.3) is 5.91 Å². The fourth-order valence-electron chi connectivity index (χ4n) is 2.27. The summed E-state index contributed by atoms with van der Waals surface area (Å²) in [5, 5.41) is 9.70. The Labute approximate surface area is 111 Å². The van der Waals surface area contributed by atoms with Gasteiger partial charge in [0.2, 0.25) is 0 Å². The number of likely N-dealkylation sites (N-methyl/N-ethyl adjacent to an activating group) is 1. The number of carbonyl (C=O) groups is 1. The quantitative estimate of drug-likeness (QED) is 0.899. The minimum Gasteiger partial charge on any atom is -0.477 e. The van der Waals surface area contributed by atoms with Crippen molar-refractivity contribution in [2.45, 2.75) is 32.0 Å². The highest BCUT2D eigenvalue weighted by Crippen LogP contribution is 2.31. The van der Waals surface area contributed by atoms with Crippen LogP contribution in [0.25, 0.3) is 0 Å². The lowest BCUT2D eigenvalue weighted by Gasteiger charge is -2.27. The number of carbonyl (C=O) groups excluding carboxylic acids is 1. The van der Waals surface area contributed by atoms with Crippen LogP contribution in [0.5, 0.6) is 5.75 Å². The molecule has 104 valence electrons. The second-order valence-electron chi connectivity index (χ2n) is 5.55. The minimum absolute atomic E-state index is 0.164. The Morgan fingerprint density at radius 1 is 1.58 bits per heavy atom. The topological polar surface area (TPSA) is 49.8 Å². The fourth-order valence-corrected chi connectivity index (χ4v) is 2.27. The van der Waals surface area contributed by atoms with E-state index in [-0.39, 0.29) is 18.2 Å². The number of hydrogen-bond acceptors (Lipinski definition) is 3. The smallest absolute Gasteiger partial charge is 0.263 e. The van der Waals surface area contributed by atoms with E-state index in [1.54, 1.807) is 33.0 Å². The summed E-state index contributed by atoms with van der Waals surface area (Å²) in [6.45, 7) is 3.45. The molecular weight excluding hydrogens is 249 g/mol. The predicted octanol–water partition coefficient (Wildman–Crippen LogP) is 1.36. The number of hydrogen-bond donors (Lipinski definition) is 1. The van der Waals surface area contributed by atoms with Gasteiger partial charge in [0.1, 0.15) is 0 Å². The molecule has 0 saturated heterocycles. The molecule has 0 saturated carbocycles. The Balaban J connectivity index is 2.07. The third-order valence-corrected chi connectivity index (χ3v) is 2.99. The largest absolute Gasteiger partial charge is 0.477 e. The zero-order valence-electron chi connectivity index (χ0n) is 11.3. The van der Waals surface area contributed by atoms with Crippen LogP contribution in [-0.2, 0) is 11.2 Å². The Kier molecular flexibility index (Phi) is 3.49. The Morgan fingerprint density at radius 3 is 2.84 bits per heavy atom. The second-order valence-corrected chi connectivity index (χ2v) is 5.55. The van der Waals surface area contributed by atoms with E-state index >= 15 is 0 Å². The van der Waals surface area contributed by atoms with Gasteiger partial charge in [0.15, 0.2) is 17.7 Å². The number of amides is 1. The normalized spacial score (nSPS) is 17.8. The Bertz CT molecular complexity index is 496. The van der Waals surface area contributed by atoms with Crippen molar-refractivity contribution in [2.75, 3.05) is 13.6 Å². The SMILES string of the molecule is CN(CC(C)(C)O)C(=O)C1Cc2cccc(F)c2O1. The maximum atomic E-state index is 13.5. The van der Waals surface area contributed by atoms with Gasteiger partial charge in [0, 0.05) is 25.6 Å². The number of fused-ring (bicyclic) bond motifs is 1. The molecule has 1 heterocycles. The molecule has 5 heteroatoms. The van der Waals surface area contributed by atoms with Gasteiger partial charge in [-0.15, -0.1) is 0 Å². The van der Waals surface area contributed by atoms with Crippen LogP contribution in [-0.4, -0.2) is 41.2 Å². The molecular formula is C14H18FNO3. The molecule has 0 bridgehead atoms. The highest BCUT2D eigenvalue weighted by atomic mass is 19.1. The molecule has 1 atom stereocenters. The predicted molar refractivity (Wildman–Crippen MR) is 68.5 cm³/mol. The zero-order chi connectivity index (χ0) is 14.2. The average Bonchev–Trinajstić information content (AvgIpc) is 2.71. The molecule has 1 aromatic rings. The minimum atomic E-state index is -0.971. The highest BCUT2D eigenvalue weighted by molar-refractivity contribution is 5.82. The second kappa shape index (κ2) is 4.81. The molecule has 1 aliphatic heterocycles. The third kappa shape index (κ3) is 3.04. The maximum absolute atomic E-state index is 13.5. The van der Waals surface area contributed by atoms with E-state index in [9.17, 15) is 14.3 Å². The number of rotatable bonds is 3. The number of nitrogens with zero attached hydrogens (tertiary/aromatic N) is 1. The molecule has 2 rings (SSSR count). The van der Waals surface area contributed by atoms with Gasteiger partial charge in [-0.2, -0.15) is 0 Å². The molecule has 0 fully saturated rings. The van der Waals surface area contributed by atoms with Crippen molar-refractivity contribution in [1.82, 2.24) is 4.90 Å². The van der Waals surface area contributed by atoms with Crippen molar-refractivity contribution >= 4 is 5.91 Å². The van der Waals surface area contributed by atoms with Crippen LogP contribution in [0.3, 0.4) is 0 Å².